The van der Waals surface area contributed by atoms with Crippen LogP contribution in [0.4, 0.5) is 26.3 Å². The van der Waals surface area contributed by atoms with Gasteiger partial charge in [-0.15, -0.1) is 0 Å². The van der Waals surface area contributed by atoms with Gasteiger partial charge in [-0.05, 0) is 39.2 Å². The summed E-state index contributed by atoms with van der Waals surface area (Å²) in [5, 5.41) is 10.1. The predicted octanol–water partition coefficient (Wildman–Crippen LogP) is 4.35. The molecule has 0 unspecified atom stereocenters. The van der Waals surface area contributed by atoms with Crippen LogP contribution in [-0.4, -0.2) is 28.9 Å². The fraction of sp³-hybridized carbons (Fsp3) is 0.600. The Balaban J connectivity index is 3.47. The highest BCUT2D eigenvalue weighted by atomic mass is 79.9. The molecule has 0 amide bonds. The molecule has 0 heterocycles. The lowest BCUT2D eigenvalue weighted by molar-refractivity contribution is -0.143. The van der Waals surface area contributed by atoms with E-state index in [1.165, 1.54) is 27.7 Å². The standard InChI is InChI=1S/C15H18BBrF6O3/c1-12(2,24)13(3,4)26-16(25-8-17)11-6-9(14(18,19)20)5-10(7-11)15(21,22)23/h5-7,24H,8H2,1-4H3. The Bertz CT molecular complexity index is 593. The Morgan fingerprint density at radius 1 is 0.923 bits per heavy atom. The van der Waals surface area contributed by atoms with Crippen LogP contribution in [0.15, 0.2) is 18.2 Å². The molecule has 0 aliphatic heterocycles. The van der Waals surface area contributed by atoms with Crippen molar-refractivity contribution in [1.82, 2.24) is 0 Å². The first kappa shape index (κ1) is 23.3. The van der Waals surface area contributed by atoms with Crippen LogP contribution in [0.5, 0.6) is 0 Å². The first-order valence-corrected chi connectivity index (χ1v) is 8.48. The number of hydrogen-bond acceptors (Lipinski definition) is 3. The van der Waals surface area contributed by atoms with Gasteiger partial charge in [0.1, 0.15) is 0 Å². The molecular weight excluding hydrogens is 433 g/mol. The Hall–Kier alpha value is -0.775. The lowest BCUT2D eigenvalue weighted by Crippen LogP contribution is -2.54. The number of alkyl halides is 7. The molecule has 0 saturated heterocycles. The quantitative estimate of drug-likeness (QED) is 0.397. The second-order valence-electron chi connectivity index (χ2n) is 6.63. The van der Waals surface area contributed by atoms with Crippen molar-refractivity contribution < 1.29 is 40.8 Å². The zero-order chi connectivity index (χ0) is 20.6. The molecule has 1 aromatic rings. The van der Waals surface area contributed by atoms with Crippen molar-refractivity contribution >= 4 is 28.5 Å². The third-order valence-electron chi connectivity index (χ3n) is 3.97. The van der Waals surface area contributed by atoms with Gasteiger partial charge in [-0.25, -0.2) is 0 Å². The van der Waals surface area contributed by atoms with E-state index in [0.717, 1.165) is 0 Å². The van der Waals surface area contributed by atoms with E-state index in [2.05, 4.69) is 15.9 Å². The molecule has 0 saturated carbocycles. The molecule has 0 fully saturated rings. The van der Waals surface area contributed by atoms with Crippen molar-refractivity contribution in [3.63, 3.8) is 0 Å². The summed E-state index contributed by atoms with van der Waals surface area (Å²) in [6, 6.07) is 1.09. The van der Waals surface area contributed by atoms with E-state index in [9.17, 15) is 31.4 Å². The molecule has 0 bridgehead atoms. The number of rotatable bonds is 6. The van der Waals surface area contributed by atoms with Crippen LogP contribution in [0.1, 0.15) is 38.8 Å². The van der Waals surface area contributed by atoms with Crippen molar-refractivity contribution in [1.29, 1.82) is 0 Å². The lowest BCUT2D eigenvalue weighted by Gasteiger charge is -2.39. The van der Waals surface area contributed by atoms with E-state index in [1.54, 1.807) is 0 Å². The first-order chi connectivity index (χ1) is 11.5. The van der Waals surface area contributed by atoms with Gasteiger partial charge in [0.2, 0.25) is 0 Å². The minimum atomic E-state index is -4.99. The lowest BCUT2D eigenvalue weighted by atomic mass is 9.74. The smallest absolute Gasteiger partial charge is 0.399 e. The minimum absolute atomic E-state index is 0.0236. The molecule has 0 radical (unpaired) electrons. The van der Waals surface area contributed by atoms with Crippen molar-refractivity contribution in [2.24, 2.45) is 0 Å². The van der Waals surface area contributed by atoms with Crippen molar-refractivity contribution in [2.75, 3.05) is 5.52 Å². The van der Waals surface area contributed by atoms with E-state index < -0.39 is 47.3 Å². The highest BCUT2D eigenvalue weighted by molar-refractivity contribution is 9.09. The fourth-order valence-corrected chi connectivity index (χ4v) is 2.02. The van der Waals surface area contributed by atoms with Gasteiger partial charge in [0.25, 0.3) is 0 Å². The second kappa shape index (κ2) is 7.69. The summed E-state index contributed by atoms with van der Waals surface area (Å²) in [7, 11) is -1.57. The number of halogens is 7. The average Bonchev–Trinajstić information content (AvgIpc) is 2.43. The van der Waals surface area contributed by atoms with Gasteiger partial charge in [-0.2, -0.15) is 26.3 Å². The maximum absolute atomic E-state index is 13.0. The molecule has 0 aliphatic rings. The molecular formula is C15H18BBrF6O3. The van der Waals surface area contributed by atoms with E-state index >= 15 is 0 Å². The zero-order valence-electron chi connectivity index (χ0n) is 14.4. The highest BCUT2D eigenvalue weighted by Gasteiger charge is 2.43. The average molecular weight is 451 g/mol. The van der Waals surface area contributed by atoms with Gasteiger partial charge in [0.05, 0.1) is 27.8 Å². The third-order valence-corrected chi connectivity index (χ3v) is 4.24. The first-order valence-electron chi connectivity index (χ1n) is 7.36. The Labute approximate surface area is 155 Å². The molecule has 1 N–H and O–H groups in total. The molecule has 148 valence electrons. The van der Waals surface area contributed by atoms with Crippen LogP contribution in [0.2, 0.25) is 0 Å². The number of benzene rings is 1. The molecule has 0 atom stereocenters. The Kier molecular flexibility index (Phi) is 6.88. The zero-order valence-corrected chi connectivity index (χ0v) is 16.0. The summed E-state index contributed by atoms with van der Waals surface area (Å²) >= 11 is 2.91. The van der Waals surface area contributed by atoms with Gasteiger partial charge in [0.15, 0.2) is 0 Å². The summed E-state index contributed by atoms with van der Waals surface area (Å²) in [6.45, 7) is 5.67. The summed E-state index contributed by atoms with van der Waals surface area (Å²) in [6.07, 6.45) is -9.97. The topological polar surface area (TPSA) is 38.7 Å². The van der Waals surface area contributed by atoms with E-state index in [0.29, 0.717) is 12.1 Å². The van der Waals surface area contributed by atoms with Crippen LogP contribution in [0.25, 0.3) is 0 Å². The van der Waals surface area contributed by atoms with Crippen molar-refractivity contribution in [2.45, 2.75) is 51.2 Å². The molecule has 0 aliphatic carbocycles. The summed E-state index contributed by atoms with van der Waals surface area (Å²) in [4.78, 5) is 0. The SMILES string of the molecule is CC(C)(O)C(C)(C)OB(OCBr)c1cc(C(F)(F)F)cc(C(F)(F)F)c1. The molecule has 0 spiro atoms. The largest absolute Gasteiger partial charge is 0.495 e. The molecule has 11 heteroatoms. The maximum Gasteiger partial charge on any atom is 0.495 e. The minimum Gasteiger partial charge on any atom is -0.399 e. The van der Waals surface area contributed by atoms with Crippen LogP contribution < -0.4 is 5.46 Å². The van der Waals surface area contributed by atoms with Crippen LogP contribution >= 0.6 is 15.9 Å². The molecule has 26 heavy (non-hydrogen) atoms. The summed E-state index contributed by atoms with van der Waals surface area (Å²) in [5.74, 6) is 0. The summed E-state index contributed by atoms with van der Waals surface area (Å²) in [5.41, 5.74) is -6.42. The van der Waals surface area contributed by atoms with E-state index in [4.69, 9.17) is 9.31 Å². The Morgan fingerprint density at radius 2 is 1.35 bits per heavy atom. The number of aliphatic hydroxyl groups is 1. The molecule has 1 rings (SSSR count). The van der Waals surface area contributed by atoms with Crippen LogP contribution in [-0.2, 0) is 21.7 Å². The van der Waals surface area contributed by atoms with Crippen molar-refractivity contribution in [3.05, 3.63) is 29.3 Å². The monoisotopic (exact) mass is 450 g/mol. The van der Waals surface area contributed by atoms with Gasteiger partial charge in [-0.1, -0.05) is 28.1 Å². The summed E-state index contributed by atoms with van der Waals surface area (Å²) < 4.78 is 88.8. The normalized spacial score (nSPS) is 13.8. The van der Waals surface area contributed by atoms with Gasteiger partial charge in [0, 0.05) is 0 Å². The van der Waals surface area contributed by atoms with Gasteiger partial charge >= 0.3 is 19.5 Å². The van der Waals surface area contributed by atoms with Crippen molar-refractivity contribution in [3.8, 4) is 0 Å². The molecule has 1 aromatic carbocycles. The van der Waals surface area contributed by atoms with E-state index in [-0.39, 0.29) is 11.6 Å². The third kappa shape index (κ3) is 5.87. The predicted molar refractivity (Wildman–Crippen MR) is 88.2 cm³/mol. The highest BCUT2D eigenvalue weighted by Crippen LogP contribution is 2.35. The number of hydrogen-bond donors (Lipinski definition) is 1. The van der Waals surface area contributed by atoms with Crippen LogP contribution in [0.3, 0.4) is 0 Å². The maximum atomic E-state index is 13.0. The van der Waals surface area contributed by atoms with Gasteiger partial charge < -0.3 is 14.4 Å². The van der Waals surface area contributed by atoms with Gasteiger partial charge in [-0.3, -0.25) is 0 Å². The molecule has 3 nitrogen and oxygen atoms in total. The second-order valence-corrected chi connectivity index (χ2v) is 7.09. The fourth-order valence-electron chi connectivity index (χ4n) is 1.78. The van der Waals surface area contributed by atoms with Crippen LogP contribution in [0, 0.1) is 0 Å². The van der Waals surface area contributed by atoms with E-state index in [1.807, 2.05) is 0 Å². The Morgan fingerprint density at radius 3 is 1.65 bits per heavy atom. The molecule has 0 aromatic heterocycles.